The Morgan fingerprint density at radius 2 is 1.84 bits per heavy atom. The molecule has 0 radical (unpaired) electrons. The van der Waals surface area contributed by atoms with Crippen LogP contribution in [0.1, 0.15) is 33.1 Å². The lowest BCUT2D eigenvalue weighted by molar-refractivity contribution is -0.0683. The van der Waals surface area contributed by atoms with Crippen molar-refractivity contribution >= 4 is 0 Å². The van der Waals surface area contributed by atoms with Gasteiger partial charge in [0.15, 0.2) is 0 Å². The molecule has 0 aromatic carbocycles. The van der Waals surface area contributed by atoms with Gasteiger partial charge in [-0.15, -0.1) is 0 Å². The summed E-state index contributed by atoms with van der Waals surface area (Å²) in [6.45, 7) is 8.85. The zero-order valence-corrected chi connectivity index (χ0v) is 12.3. The molecule has 2 fully saturated rings. The highest BCUT2D eigenvalue weighted by Crippen LogP contribution is 2.28. The van der Waals surface area contributed by atoms with Crippen molar-refractivity contribution in [1.29, 1.82) is 0 Å². The lowest BCUT2D eigenvalue weighted by atomic mass is 10.1. The molecule has 2 aliphatic rings. The standard InChI is InChI=1S/C15H28O4/c1-3-12(2)6-16-8-14(18-10-15-11-19-15)9-17-7-13-4-5-13/h12-15H,3-11H2,1-2H3/t12-,14-,15-/m0/s1. The monoisotopic (exact) mass is 272 g/mol. The summed E-state index contributed by atoms with van der Waals surface area (Å²) in [5.74, 6) is 1.41. The predicted octanol–water partition coefficient (Wildman–Crippen LogP) is 2.26. The molecule has 0 amide bonds. The van der Waals surface area contributed by atoms with E-state index in [1.807, 2.05) is 0 Å². The number of hydrogen-bond donors (Lipinski definition) is 0. The normalized spacial score (nSPS) is 25.3. The summed E-state index contributed by atoms with van der Waals surface area (Å²) in [7, 11) is 0. The van der Waals surface area contributed by atoms with Crippen LogP contribution in [-0.4, -0.2) is 51.8 Å². The van der Waals surface area contributed by atoms with Crippen molar-refractivity contribution in [3.63, 3.8) is 0 Å². The van der Waals surface area contributed by atoms with Crippen molar-refractivity contribution in [2.75, 3.05) is 39.6 Å². The maximum Gasteiger partial charge on any atom is 0.104 e. The van der Waals surface area contributed by atoms with E-state index in [0.29, 0.717) is 31.8 Å². The van der Waals surface area contributed by atoms with Crippen LogP contribution >= 0.6 is 0 Å². The minimum Gasteiger partial charge on any atom is -0.378 e. The number of hydrogen-bond acceptors (Lipinski definition) is 4. The van der Waals surface area contributed by atoms with Gasteiger partial charge >= 0.3 is 0 Å². The highest BCUT2D eigenvalue weighted by molar-refractivity contribution is 4.73. The highest BCUT2D eigenvalue weighted by Gasteiger charge is 2.25. The van der Waals surface area contributed by atoms with Gasteiger partial charge in [0, 0.05) is 13.2 Å². The number of epoxide rings is 1. The fraction of sp³-hybridized carbons (Fsp3) is 1.00. The van der Waals surface area contributed by atoms with Gasteiger partial charge in [0.2, 0.25) is 0 Å². The molecule has 1 aliphatic heterocycles. The zero-order chi connectivity index (χ0) is 13.5. The molecule has 0 aromatic heterocycles. The topological polar surface area (TPSA) is 40.2 Å². The zero-order valence-electron chi connectivity index (χ0n) is 12.3. The molecule has 0 bridgehead atoms. The quantitative estimate of drug-likeness (QED) is 0.511. The Morgan fingerprint density at radius 3 is 2.47 bits per heavy atom. The Balaban J connectivity index is 1.56. The molecule has 2 rings (SSSR count). The smallest absolute Gasteiger partial charge is 0.104 e. The molecular formula is C15H28O4. The minimum absolute atomic E-state index is 0.0482. The summed E-state index contributed by atoms with van der Waals surface area (Å²) >= 11 is 0. The molecule has 4 heteroatoms. The van der Waals surface area contributed by atoms with E-state index < -0.39 is 0 Å². The van der Waals surface area contributed by atoms with E-state index >= 15 is 0 Å². The van der Waals surface area contributed by atoms with Crippen molar-refractivity contribution in [2.45, 2.75) is 45.3 Å². The van der Waals surface area contributed by atoms with Gasteiger partial charge in [-0.1, -0.05) is 20.3 Å². The van der Waals surface area contributed by atoms with Crippen molar-refractivity contribution in [3.8, 4) is 0 Å². The molecule has 3 atom stereocenters. The largest absolute Gasteiger partial charge is 0.378 e. The molecule has 0 aromatic rings. The average molecular weight is 272 g/mol. The third-order valence-electron chi connectivity index (χ3n) is 3.68. The van der Waals surface area contributed by atoms with E-state index in [1.54, 1.807) is 0 Å². The van der Waals surface area contributed by atoms with Crippen LogP contribution in [0.25, 0.3) is 0 Å². The Kier molecular flexibility index (Phi) is 6.57. The Bertz CT molecular complexity index is 238. The summed E-state index contributed by atoms with van der Waals surface area (Å²) in [5.41, 5.74) is 0. The number of ether oxygens (including phenoxy) is 4. The Morgan fingerprint density at radius 1 is 1.11 bits per heavy atom. The van der Waals surface area contributed by atoms with E-state index in [9.17, 15) is 0 Å². The fourth-order valence-electron chi connectivity index (χ4n) is 1.72. The first kappa shape index (κ1) is 15.2. The third-order valence-corrected chi connectivity index (χ3v) is 3.68. The van der Waals surface area contributed by atoms with Gasteiger partial charge in [-0.3, -0.25) is 0 Å². The second-order valence-electron chi connectivity index (χ2n) is 5.94. The molecule has 19 heavy (non-hydrogen) atoms. The first-order valence-corrected chi connectivity index (χ1v) is 7.66. The van der Waals surface area contributed by atoms with Crippen LogP contribution in [0.3, 0.4) is 0 Å². The average Bonchev–Trinajstić information content (AvgIpc) is 3.27. The minimum atomic E-state index is 0.0482. The van der Waals surface area contributed by atoms with Crippen LogP contribution in [0.4, 0.5) is 0 Å². The summed E-state index contributed by atoms with van der Waals surface area (Å²) in [6.07, 6.45) is 4.16. The van der Waals surface area contributed by atoms with E-state index in [2.05, 4.69) is 13.8 Å². The van der Waals surface area contributed by atoms with Gasteiger partial charge in [-0.2, -0.15) is 0 Å². The summed E-state index contributed by atoms with van der Waals surface area (Å²) in [4.78, 5) is 0. The molecule has 1 saturated carbocycles. The SMILES string of the molecule is CC[C@H](C)COC[C@@H](COCC1CC1)OC[C@H]1CO1. The highest BCUT2D eigenvalue weighted by atomic mass is 16.6. The van der Waals surface area contributed by atoms with Crippen LogP contribution in [-0.2, 0) is 18.9 Å². The van der Waals surface area contributed by atoms with E-state index in [4.69, 9.17) is 18.9 Å². The maximum absolute atomic E-state index is 5.81. The third kappa shape index (κ3) is 7.25. The summed E-state index contributed by atoms with van der Waals surface area (Å²) in [6, 6.07) is 0. The molecule has 1 aliphatic carbocycles. The first-order valence-electron chi connectivity index (χ1n) is 7.66. The van der Waals surface area contributed by atoms with Gasteiger partial charge in [-0.25, -0.2) is 0 Å². The van der Waals surface area contributed by atoms with Gasteiger partial charge in [0.1, 0.15) is 12.2 Å². The van der Waals surface area contributed by atoms with Crippen LogP contribution in [0, 0.1) is 11.8 Å². The van der Waals surface area contributed by atoms with Crippen LogP contribution in [0.5, 0.6) is 0 Å². The second kappa shape index (κ2) is 8.20. The lowest BCUT2D eigenvalue weighted by Crippen LogP contribution is -2.28. The molecule has 0 N–H and O–H groups in total. The van der Waals surface area contributed by atoms with Crippen molar-refractivity contribution in [2.24, 2.45) is 11.8 Å². The van der Waals surface area contributed by atoms with Crippen molar-refractivity contribution in [1.82, 2.24) is 0 Å². The van der Waals surface area contributed by atoms with Crippen LogP contribution in [0.2, 0.25) is 0 Å². The van der Waals surface area contributed by atoms with E-state index in [0.717, 1.165) is 32.2 Å². The molecule has 1 saturated heterocycles. The van der Waals surface area contributed by atoms with Gasteiger partial charge in [-0.05, 0) is 24.7 Å². The lowest BCUT2D eigenvalue weighted by Gasteiger charge is -2.19. The molecule has 0 spiro atoms. The van der Waals surface area contributed by atoms with Crippen molar-refractivity contribution < 1.29 is 18.9 Å². The first-order chi connectivity index (χ1) is 9.28. The van der Waals surface area contributed by atoms with E-state index in [1.165, 1.54) is 12.8 Å². The Hall–Kier alpha value is -0.160. The molecule has 4 nitrogen and oxygen atoms in total. The molecule has 112 valence electrons. The maximum atomic E-state index is 5.81. The number of rotatable bonds is 12. The van der Waals surface area contributed by atoms with E-state index in [-0.39, 0.29) is 6.10 Å². The predicted molar refractivity (Wildman–Crippen MR) is 73.3 cm³/mol. The van der Waals surface area contributed by atoms with Crippen molar-refractivity contribution in [3.05, 3.63) is 0 Å². The van der Waals surface area contributed by atoms with Gasteiger partial charge in [0.05, 0.1) is 26.4 Å². The van der Waals surface area contributed by atoms with Gasteiger partial charge < -0.3 is 18.9 Å². The van der Waals surface area contributed by atoms with Gasteiger partial charge in [0.25, 0.3) is 0 Å². The fourth-order valence-corrected chi connectivity index (χ4v) is 1.72. The Labute approximate surface area is 116 Å². The molecule has 1 heterocycles. The molecular weight excluding hydrogens is 244 g/mol. The molecule has 0 unspecified atom stereocenters. The van der Waals surface area contributed by atoms with Crippen LogP contribution < -0.4 is 0 Å². The van der Waals surface area contributed by atoms with Crippen LogP contribution in [0.15, 0.2) is 0 Å². The summed E-state index contributed by atoms with van der Waals surface area (Å²) < 4.78 is 22.4. The second-order valence-corrected chi connectivity index (χ2v) is 5.94. The summed E-state index contributed by atoms with van der Waals surface area (Å²) in [5, 5.41) is 0.